The first-order valence-corrected chi connectivity index (χ1v) is 9.72. The van der Waals surface area contributed by atoms with E-state index < -0.39 is 0 Å². The van der Waals surface area contributed by atoms with Crippen LogP contribution in [0.3, 0.4) is 0 Å². The van der Waals surface area contributed by atoms with Crippen LogP contribution in [0.25, 0.3) is 0 Å². The van der Waals surface area contributed by atoms with Crippen LogP contribution in [-0.4, -0.2) is 17.9 Å². The smallest absolute Gasteiger partial charge is 0.191 e. The normalized spacial score (nSPS) is 16.4. The highest BCUT2D eigenvalue weighted by Crippen LogP contribution is 2.34. The van der Waals surface area contributed by atoms with Gasteiger partial charge in [-0.05, 0) is 54.2 Å². The van der Waals surface area contributed by atoms with E-state index in [0.717, 1.165) is 34.0 Å². The number of ether oxygens (including phenoxy) is 2. The molecule has 0 radical (unpaired) electrons. The van der Waals surface area contributed by atoms with Gasteiger partial charge in [-0.15, -0.1) is 0 Å². The van der Waals surface area contributed by atoms with E-state index in [4.69, 9.17) is 21.7 Å². The van der Waals surface area contributed by atoms with Crippen molar-refractivity contribution >= 4 is 28.7 Å². The number of para-hydroxylation sites is 1. The number of nitrogens with zero attached hydrogens (tertiary/aromatic N) is 1. The number of hydrogen-bond donors (Lipinski definition) is 2. The summed E-state index contributed by atoms with van der Waals surface area (Å²) in [5.41, 5.74) is 6.82. The fraction of sp³-hybridized carbons (Fsp3) is 0.130. The number of hydrogen-bond acceptors (Lipinski definition) is 4. The summed E-state index contributed by atoms with van der Waals surface area (Å²) < 4.78 is 11.4. The molecule has 0 spiro atoms. The lowest BCUT2D eigenvalue weighted by Gasteiger charge is -2.27. The number of thiocarbonyl (C=S) groups is 1. The summed E-state index contributed by atoms with van der Waals surface area (Å²) in [6.07, 6.45) is 0.564. The van der Waals surface area contributed by atoms with Crippen LogP contribution in [-0.2, 0) is 0 Å². The van der Waals surface area contributed by atoms with E-state index >= 15 is 0 Å². The minimum atomic E-state index is -0.0882. The molecule has 0 aromatic heterocycles. The summed E-state index contributed by atoms with van der Waals surface area (Å²) >= 11 is 5.40. The molecule has 1 atom stereocenters. The van der Waals surface area contributed by atoms with Gasteiger partial charge >= 0.3 is 0 Å². The average molecular weight is 404 g/mol. The minimum absolute atomic E-state index is 0.0882. The second-order valence-electron chi connectivity index (χ2n) is 6.57. The summed E-state index contributed by atoms with van der Waals surface area (Å²) in [4.78, 5) is 0. The quantitative estimate of drug-likeness (QED) is 0.479. The van der Waals surface area contributed by atoms with Crippen LogP contribution in [0, 0.1) is 0 Å². The molecule has 2 N–H and O–H groups in total. The van der Waals surface area contributed by atoms with Gasteiger partial charge in [-0.1, -0.05) is 42.5 Å². The molecule has 0 saturated carbocycles. The number of rotatable bonds is 4. The molecule has 0 saturated heterocycles. The molecule has 3 aromatic carbocycles. The number of benzene rings is 3. The molecule has 146 valence electrons. The molecule has 6 heteroatoms. The number of anilines is 1. The maximum absolute atomic E-state index is 6.20. The van der Waals surface area contributed by atoms with Crippen LogP contribution in [0.15, 0.2) is 84.0 Å². The Kier molecular flexibility index (Phi) is 5.72. The van der Waals surface area contributed by atoms with Crippen LogP contribution in [0.1, 0.15) is 23.7 Å². The third-order valence-electron chi connectivity index (χ3n) is 4.66. The zero-order valence-electron chi connectivity index (χ0n) is 16.0. The van der Waals surface area contributed by atoms with E-state index in [1.807, 2.05) is 66.7 Å². The molecule has 0 bridgehead atoms. The summed E-state index contributed by atoms with van der Waals surface area (Å²) in [6.45, 7) is 0. The second-order valence-corrected chi connectivity index (χ2v) is 6.98. The van der Waals surface area contributed by atoms with Gasteiger partial charge in [0.15, 0.2) is 5.11 Å². The number of hydrazone groups is 1. The van der Waals surface area contributed by atoms with Gasteiger partial charge in [0.25, 0.3) is 0 Å². The van der Waals surface area contributed by atoms with Crippen LogP contribution in [0.5, 0.6) is 11.5 Å². The summed E-state index contributed by atoms with van der Waals surface area (Å²) in [5, 5.41) is 8.13. The Labute approximate surface area is 175 Å². The van der Waals surface area contributed by atoms with Crippen molar-refractivity contribution in [1.82, 2.24) is 5.43 Å². The van der Waals surface area contributed by atoms with Crippen molar-refractivity contribution in [2.24, 2.45) is 5.10 Å². The Morgan fingerprint density at radius 1 is 1.00 bits per heavy atom. The Hall–Kier alpha value is -3.38. The van der Waals surface area contributed by atoms with Crippen molar-refractivity contribution in [3.63, 3.8) is 0 Å². The molecule has 5 nitrogen and oxygen atoms in total. The summed E-state index contributed by atoms with van der Waals surface area (Å²) in [5.74, 6) is 1.61. The molecule has 1 aliphatic heterocycles. The van der Waals surface area contributed by atoms with E-state index in [9.17, 15) is 0 Å². The minimum Gasteiger partial charge on any atom is -0.497 e. The third kappa shape index (κ3) is 4.55. The number of methoxy groups -OCH3 is 1. The molecule has 4 rings (SSSR count). The van der Waals surface area contributed by atoms with Gasteiger partial charge in [0.1, 0.15) is 17.6 Å². The molecular formula is C23H21N3O2S. The van der Waals surface area contributed by atoms with Crippen molar-refractivity contribution in [1.29, 1.82) is 0 Å². The van der Waals surface area contributed by atoms with Gasteiger partial charge in [-0.25, -0.2) is 0 Å². The van der Waals surface area contributed by atoms with E-state index in [-0.39, 0.29) is 6.10 Å². The van der Waals surface area contributed by atoms with Crippen molar-refractivity contribution in [3.8, 4) is 11.5 Å². The van der Waals surface area contributed by atoms with Crippen molar-refractivity contribution < 1.29 is 9.47 Å². The lowest BCUT2D eigenvalue weighted by molar-refractivity contribution is 0.206. The predicted octanol–water partition coefficient (Wildman–Crippen LogP) is 4.91. The summed E-state index contributed by atoms with van der Waals surface area (Å²) in [7, 11) is 1.64. The largest absolute Gasteiger partial charge is 0.497 e. The fourth-order valence-electron chi connectivity index (χ4n) is 3.20. The van der Waals surface area contributed by atoms with Crippen molar-refractivity contribution in [3.05, 3.63) is 90.0 Å². The van der Waals surface area contributed by atoms with Crippen LogP contribution in [0.4, 0.5) is 5.69 Å². The second kappa shape index (κ2) is 8.75. The number of fused-ring (bicyclic) bond motifs is 1. The van der Waals surface area contributed by atoms with Gasteiger partial charge in [-0.3, -0.25) is 5.43 Å². The highest BCUT2D eigenvalue weighted by atomic mass is 32.1. The van der Waals surface area contributed by atoms with Crippen molar-refractivity contribution in [2.75, 3.05) is 12.4 Å². The molecule has 29 heavy (non-hydrogen) atoms. The molecule has 1 heterocycles. The fourth-order valence-corrected chi connectivity index (χ4v) is 3.36. The van der Waals surface area contributed by atoms with Crippen LogP contribution < -0.4 is 20.2 Å². The van der Waals surface area contributed by atoms with Gasteiger partial charge < -0.3 is 14.8 Å². The average Bonchev–Trinajstić information content (AvgIpc) is 2.78. The van der Waals surface area contributed by atoms with E-state index in [1.54, 1.807) is 7.11 Å². The third-order valence-corrected chi connectivity index (χ3v) is 4.85. The highest BCUT2D eigenvalue weighted by molar-refractivity contribution is 7.80. The van der Waals surface area contributed by atoms with E-state index in [1.165, 1.54) is 0 Å². The topological polar surface area (TPSA) is 54.9 Å². The molecule has 0 fully saturated rings. The van der Waals surface area contributed by atoms with Crippen LogP contribution >= 0.6 is 12.2 Å². The highest BCUT2D eigenvalue weighted by Gasteiger charge is 2.26. The summed E-state index contributed by atoms with van der Waals surface area (Å²) in [6, 6.07) is 25.6. The van der Waals surface area contributed by atoms with E-state index in [0.29, 0.717) is 11.5 Å². The Morgan fingerprint density at radius 2 is 1.72 bits per heavy atom. The lowest BCUT2D eigenvalue weighted by Crippen LogP contribution is -2.28. The monoisotopic (exact) mass is 403 g/mol. The number of nitrogens with one attached hydrogen (secondary N) is 2. The zero-order chi connectivity index (χ0) is 20.1. The van der Waals surface area contributed by atoms with Crippen LogP contribution in [0.2, 0.25) is 0 Å². The molecule has 1 aliphatic rings. The zero-order valence-corrected chi connectivity index (χ0v) is 16.8. The van der Waals surface area contributed by atoms with Gasteiger partial charge in [-0.2, -0.15) is 5.10 Å². The predicted molar refractivity (Wildman–Crippen MR) is 120 cm³/mol. The van der Waals surface area contributed by atoms with E-state index in [2.05, 4.69) is 28.0 Å². The molecule has 0 amide bonds. The SMILES string of the molecule is COc1ccc(NC(=S)N/N=C2\CC(c3ccccc3)Oc3ccccc32)cc1. The van der Waals surface area contributed by atoms with Crippen molar-refractivity contribution in [2.45, 2.75) is 12.5 Å². The molecule has 1 unspecified atom stereocenters. The van der Waals surface area contributed by atoms with Gasteiger partial charge in [0.2, 0.25) is 0 Å². The maximum atomic E-state index is 6.20. The molecule has 0 aliphatic carbocycles. The van der Waals surface area contributed by atoms with Gasteiger partial charge in [0, 0.05) is 17.7 Å². The Balaban J connectivity index is 1.50. The van der Waals surface area contributed by atoms with Gasteiger partial charge in [0.05, 0.1) is 12.8 Å². The maximum Gasteiger partial charge on any atom is 0.191 e. The standard InChI is InChI=1S/C23H21N3O2S/c1-27-18-13-11-17(12-14-18)24-23(29)26-25-20-15-22(16-7-3-2-4-8-16)28-21-10-6-5-9-19(20)21/h2-14,22H,15H2,1H3,(H2,24,26,29)/b25-20+. The Morgan fingerprint density at radius 3 is 2.48 bits per heavy atom. The Bertz CT molecular complexity index is 1020. The molecule has 3 aromatic rings. The first-order valence-electron chi connectivity index (χ1n) is 9.31. The molecular weight excluding hydrogens is 382 g/mol. The lowest BCUT2D eigenvalue weighted by atomic mass is 9.96. The first-order chi connectivity index (χ1) is 14.2. The first kappa shape index (κ1) is 19.0.